The van der Waals surface area contributed by atoms with Crippen molar-refractivity contribution in [2.45, 2.75) is 6.54 Å². The molecule has 0 aliphatic heterocycles. The van der Waals surface area contributed by atoms with E-state index in [0.29, 0.717) is 10.9 Å². The number of benzene rings is 1. The third kappa shape index (κ3) is 3.06. The molecule has 0 bridgehead atoms. The van der Waals surface area contributed by atoms with Gasteiger partial charge in [0.05, 0.1) is 6.54 Å². The molecule has 7 heteroatoms. The molecule has 102 valence electrons. The van der Waals surface area contributed by atoms with Gasteiger partial charge in [0.1, 0.15) is 11.4 Å². The van der Waals surface area contributed by atoms with Crippen molar-refractivity contribution in [1.82, 2.24) is 9.55 Å². The van der Waals surface area contributed by atoms with Crippen LogP contribution in [0.4, 0.5) is 4.39 Å². The molecule has 2 rings (SSSR count). The molecular weight excluding hydrogens is 346 g/mol. The molecular formula is C13H9BrFN2O2P. The summed E-state index contributed by atoms with van der Waals surface area (Å²) in [6.07, 6.45) is 1.31. The third-order valence-electron chi connectivity index (χ3n) is 2.68. The number of aromatic amines is 1. The molecule has 0 aliphatic carbocycles. The van der Waals surface area contributed by atoms with E-state index in [-0.39, 0.29) is 12.1 Å². The minimum Gasteiger partial charge on any atom is -0.295 e. The second-order valence-corrected chi connectivity index (χ2v) is 4.98. The van der Waals surface area contributed by atoms with Crippen molar-refractivity contribution >= 4 is 30.5 Å². The highest BCUT2D eigenvalue weighted by molar-refractivity contribution is 9.12. The van der Waals surface area contributed by atoms with Gasteiger partial charge in [0.15, 0.2) is 0 Å². The van der Waals surface area contributed by atoms with E-state index in [1.807, 2.05) is 0 Å². The number of H-pyrrole nitrogens is 1. The Kier molecular flexibility index (Phi) is 4.53. The van der Waals surface area contributed by atoms with Crippen LogP contribution in [0, 0.1) is 16.6 Å². The first-order valence-electron chi connectivity index (χ1n) is 5.51. The number of aromatic nitrogens is 2. The van der Waals surface area contributed by atoms with E-state index in [1.54, 1.807) is 12.1 Å². The molecule has 0 saturated carbocycles. The summed E-state index contributed by atoms with van der Waals surface area (Å²) in [7, 11) is 2.41. The molecule has 0 fully saturated rings. The SMILES string of the molecule is O=c1[nH]c(=O)n(Cc2c(F)cccc2P)cc1C#CBr. The van der Waals surface area contributed by atoms with Crippen LogP contribution in [0.25, 0.3) is 0 Å². The van der Waals surface area contributed by atoms with Crippen molar-refractivity contribution in [3.63, 3.8) is 0 Å². The fraction of sp³-hybridized carbons (Fsp3) is 0.0769. The Bertz CT molecular complexity index is 812. The van der Waals surface area contributed by atoms with Crippen LogP contribution in [-0.4, -0.2) is 9.55 Å². The van der Waals surface area contributed by atoms with E-state index in [0.717, 1.165) is 0 Å². The molecule has 1 unspecified atom stereocenters. The lowest BCUT2D eigenvalue weighted by molar-refractivity contribution is 0.595. The molecule has 0 spiro atoms. The summed E-state index contributed by atoms with van der Waals surface area (Å²) in [5.74, 6) is 2.11. The van der Waals surface area contributed by atoms with Gasteiger partial charge >= 0.3 is 5.69 Å². The first kappa shape index (κ1) is 14.7. The summed E-state index contributed by atoms with van der Waals surface area (Å²) in [6, 6.07) is 4.62. The zero-order valence-corrected chi connectivity index (χ0v) is 12.9. The van der Waals surface area contributed by atoms with Crippen molar-refractivity contribution < 1.29 is 4.39 Å². The fourth-order valence-electron chi connectivity index (χ4n) is 1.68. The van der Waals surface area contributed by atoms with E-state index in [4.69, 9.17) is 0 Å². The van der Waals surface area contributed by atoms with Gasteiger partial charge in [-0.15, -0.1) is 9.24 Å². The second kappa shape index (κ2) is 6.17. The monoisotopic (exact) mass is 354 g/mol. The quantitative estimate of drug-likeness (QED) is 0.644. The molecule has 0 saturated heterocycles. The third-order valence-corrected chi connectivity index (χ3v) is 3.42. The van der Waals surface area contributed by atoms with E-state index in [2.05, 4.69) is 40.9 Å². The number of hydrogen-bond donors (Lipinski definition) is 1. The van der Waals surface area contributed by atoms with Crippen LogP contribution in [-0.2, 0) is 6.54 Å². The molecule has 1 aromatic heterocycles. The molecule has 0 radical (unpaired) electrons. The van der Waals surface area contributed by atoms with Gasteiger partial charge in [-0.25, -0.2) is 9.18 Å². The van der Waals surface area contributed by atoms with Gasteiger partial charge in [-0.1, -0.05) is 12.1 Å². The van der Waals surface area contributed by atoms with Gasteiger partial charge in [0, 0.05) is 27.7 Å². The molecule has 4 nitrogen and oxygen atoms in total. The van der Waals surface area contributed by atoms with Crippen LogP contribution < -0.4 is 16.6 Å². The maximum absolute atomic E-state index is 13.8. The number of nitrogens with one attached hydrogen (secondary N) is 1. The zero-order valence-electron chi connectivity index (χ0n) is 10.1. The summed E-state index contributed by atoms with van der Waals surface area (Å²) < 4.78 is 15.0. The van der Waals surface area contributed by atoms with Gasteiger partial charge in [0.25, 0.3) is 5.56 Å². The van der Waals surface area contributed by atoms with Crippen molar-refractivity contribution in [2.24, 2.45) is 0 Å². The number of nitrogens with zero attached hydrogens (tertiary/aromatic N) is 1. The molecule has 0 aliphatic rings. The number of halogens is 2. The standard InChI is InChI=1S/C13H9BrFN2O2P/c14-5-4-8-6-17(13(19)16-12(8)18)7-9-10(15)2-1-3-11(9)20/h1-3,6H,7,20H2,(H,16,18,19). The number of hydrogen-bond acceptors (Lipinski definition) is 2. The lowest BCUT2D eigenvalue weighted by Gasteiger charge is -2.09. The van der Waals surface area contributed by atoms with E-state index in [9.17, 15) is 14.0 Å². The predicted octanol–water partition coefficient (Wildman–Crippen LogP) is 0.928. The molecule has 1 N–H and O–H groups in total. The minimum absolute atomic E-state index is 0.0120. The Morgan fingerprint density at radius 1 is 1.40 bits per heavy atom. The van der Waals surface area contributed by atoms with E-state index < -0.39 is 17.1 Å². The molecule has 1 aromatic carbocycles. The first-order valence-corrected chi connectivity index (χ1v) is 6.88. The fourth-order valence-corrected chi connectivity index (χ4v) is 2.23. The van der Waals surface area contributed by atoms with Crippen LogP contribution in [0.15, 0.2) is 34.0 Å². The maximum atomic E-state index is 13.8. The van der Waals surface area contributed by atoms with Crippen LogP contribution in [0.5, 0.6) is 0 Å². The van der Waals surface area contributed by atoms with Crippen LogP contribution in [0.3, 0.4) is 0 Å². The zero-order chi connectivity index (χ0) is 14.7. The smallest absolute Gasteiger partial charge is 0.295 e. The summed E-state index contributed by atoms with van der Waals surface area (Å²) >= 11 is 2.89. The van der Waals surface area contributed by atoms with Crippen molar-refractivity contribution in [3.05, 3.63) is 62.2 Å². The van der Waals surface area contributed by atoms with Gasteiger partial charge in [-0.05, 0) is 22.1 Å². The predicted molar refractivity (Wildman–Crippen MR) is 82.0 cm³/mol. The largest absolute Gasteiger partial charge is 0.328 e. The van der Waals surface area contributed by atoms with Crippen LogP contribution in [0.1, 0.15) is 11.1 Å². The lowest BCUT2D eigenvalue weighted by Crippen LogP contribution is -2.32. The van der Waals surface area contributed by atoms with Crippen molar-refractivity contribution in [1.29, 1.82) is 0 Å². The van der Waals surface area contributed by atoms with Gasteiger partial charge in [0.2, 0.25) is 0 Å². The maximum Gasteiger partial charge on any atom is 0.328 e. The minimum atomic E-state index is -0.609. The van der Waals surface area contributed by atoms with Crippen molar-refractivity contribution in [2.75, 3.05) is 0 Å². The average Bonchev–Trinajstić information content (AvgIpc) is 2.39. The molecule has 1 heterocycles. The summed E-state index contributed by atoms with van der Waals surface area (Å²) in [6.45, 7) is 0.0120. The Morgan fingerprint density at radius 2 is 2.15 bits per heavy atom. The van der Waals surface area contributed by atoms with Crippen LogP contribution >= 0.6 is 25.2 Å². The Balaban J connectivity index is 2.53. The van der Waals surface area contributed by atoms with Gasteiger partial charge < -0.3 is 0 Å². The van der Waals surface area contributed by atoms with Gasteiger partial charge in [-0.2, -0.15) is 0 Å². The molecule has 0 amide bonds. The summed E-state index contributed by atoms with van der Waals surface area (Å²) in [5, 5.41) is 0.649. The molecule has 20 heavy (non-hydrogen) atoms. The Labute approximate surface area is 124 Å². The highest BCUT2D eigenvalue weighted by Crippen LogP contribution is 2.08. The second-order valence-electron chi connectivity index (χ2n) is 3.96. The van der Waals surface area contributed by atoms with E-state index >= 15 is 0 Å². The highest BCUT2D eigenvalue weighted by Gasteiger charge is 2.09. The molecule has 1 atom stereocenters. The normalized spacial score (nSPS) is 9.95. The first-order chi connectivity index (χ1) is 9.52. The Hall–Kier alpha value is -1.70. The molecule has 2 aromatic rings. The topological polar surface area (TPSA) is 54.9 Å². The summed E-state index contributed by atoms with van der Waals surface area (Å²) in [4.78, 5) is 27.8. The van der Waals surface area contributed by atoms with E-state index in [1.165, 1.54) is 16.8 Å². The van der Waals surface area contributed by atoms with Crippen LogP contribution in [0.2, 0.25) is 0 Å². The summed E-state index contributed by atoms with van der Waals surface area (Å²) in [5.41, 5.74) is -0.687. The van der Waals surface area contributed by atoms with Gasteiger partial charge in [-0.3, -0.25) is 14.3 Å². The number of rotatable bonds is 2. The Morgan fingerprint density at radius 3 is 2.80 bits per heavy atom. The lowest BCUT2D eigenvalue weighted by atomic mass is 10.2. The average molecular weight is 355 g/mol. The highest BCUT2D eigenvalue weighted by atomic mass is 79.9. The van der Waals surface area contributed by atoms with Crippen molar-refractivity contribution in [3.8, 4) is 10.8 Å².